The van der Waals surface area contributed by atoms with E-state index in [0.29, 0.717) is 11.5 Å². The van der Waals surface area contributed by atoms with E-state index in [0.717, 1.165) is 12.8 Å². The summed E-state index contributed by atoms with van der Waals surface area (Å²) >= 11 is 11.8. The van der Waals surface area contributed by atoms with Crippen molar-refractivity contribution in [1.82, 2.24) is 0 Å². The van der Waals surface area contributed by atoms with E-state index in [9.17, 15) is 9.59 Å². The van der Waals surface area contributed by atoms with E-state index >= 15 is 0 Å². The lowest BCUT2D eigenvalue weighted by Crippen LogP contribution is -2.14. The highest BCUT2D eigenvalue weighted by Gasteiger charge is 2.20. The van der Waals surface area contributed by atoms with Crippen molar-refractivity contribution < 1.29 is 19.4 Å². The lowest BCUT2D eigenvalue weighted by atomic mass is 10.1. The molecule has 0 N–H and O–H groups in total. The maximum atomic E-state index is 11.9. The number of carbonyl (C=O) groups is 2. The van der Waals surface area contributed by atoms with Crippen LogP contribution in [0.2, 0.25) is 5.02 Å². The van der Waals surface area contributed by atoms with Crippen LogP contribution in [-0.2, 0) is 14.6 Å². The predicted octanol–water partition coefficient (Wildman–Crippen LogP) is 4.19. The van der Waals surface area contributed by atoms with Crippen molar-refractivity contribution in [2.24, 2.45) is 0 Å². The highest BCUT2D eigenvalue weighted by atomic mass is 35.5. The van der Waals surface area contributed by atoms with Crippen molar-refractivity contribution in [1.29, 1.82) is 0 Å². The summed E-state index contributed by atoms with van der Waals surface area (Å²) in [5, 5.41) is 0.513. The van der Waals surface area contributed by atoms with E-state index in [1.54, 1.807) is 18.2 Å². The van der Waals surface area contributed by atoms with Gasteiger partial charge in [-0.15, -0.1) is 0 Å². The van der Waals surface area contributed by atoms with Crippen LogP contribution in [0.3, 0.4) is 0 Å². The summed E-state index contributed by atoms with van der Waals surface area (Å²) in [6, 6.07) is 6.31. The maximum Gasteiger partial charge on any atom is 0.387 e. The molecule has 0 bridgehead atoms. The zero-order valence-electron chi connectivity index (χ0n) is 11.0. The van der Waals surface area contributed by atoms with E-state index < -0.39 is 11.9 Å². The molecule has 0 atom stereocenters. The molecule has 2 rings (SSSR count). The Balaban J connectivity index is 2.00. The van der Waals surface area contributed by atoms with Gasteiger partial charge in [-0.05, 0) is 37.5 Å². The summed E-state index contributed by atoms with van der Waals surface area (Å²) in [4.78, 5) is 32.7. The van der Waals surface area contributed by atoms with Crippen molar-refractivity contribution in [3.05, 3.63) is 57.6 Å². The molecular weight excluding hydrogens is 315 g/mol. The van der Waals surface area contributed by atoms with Crippen molar-refractivity contribution in [2.45, 2.75) is 19.3 Å². The Kier molecular flexibility index (Phi) is 5.42. The summed E-state index contributed by atoms with van der Waals surface area (Å²) < 4.78 is 0. The molecule has 0 aliphatic heterocycles. The lowest BCUT2D eigenvalue weighted by Gasteiger charge is -2.07. The van der Waals surface area contributed by atoms with Gasteiger partial charge in [-0.1, -0.05) is 41.4 Å². The molecule has 1 aromatic rings. The summed E-state index contributed by atoms with van der Waals surface area (Å²) in [5.74, 6) is -1.61. The lowest BCUT2D eigenvalue weighted by molar-refractivity contribution is -0.229. The fourth-order valence-corrected chi connectivity index (χ4v) is 2.27. The average Bonchev–Trinajstić information content (AvgIpc) is 2.69. The van der Waals surface area contributed by atoms with Crippen LogP contribution in [0.25, 0.3) is 0 Å². The Morgan fingerprint density at radius 1 is 1.05 bits per heavy atom. The summed E-state index contributed by atoms with van der Waals surface area (Å²) in [7, 11) is 0. The molecule has 21 heavy (non-hydrogen) atoms. The molecule has 0 spiro atoms. The van der Waals surface area contributed by atoms with Gasteiger partial charge in [0.15, 0.2) is 0 Å². The molecular formula is C15H12Cl2O4. The average molecular weight is 327 g/mol. The maximum absolute atomic E-state index is 11.9. The second-order valence-corrected chi connectivity index (χ2v) is 5.16. The molecule has 0 aromatic heterocycles. The molecule has 1 aliphatic rings. The van der Waals surface area contributed by atoms with Crippen molar-refractivity contribution in [3.63, 3.8) is 0 Å². The van der Waals surface area contributed by atoms with Crippen LogP contribution < -0.4 is 0 Å². The number of hydrogen-bond acceptors (Lipinski definition) is 4. The molecule has 0 saturated carbocycles. The minimum Gasteiger partial charge on any atom is -0.242 e. The minimum absolute atomic E-state index is 0.118. The first-order valence-corrected chi connectivity index (χ1v) is 7.08. The summed E-state index contributed by atoms with van der Waals surface area (Å²) in [6.07, 6.45) is 5.58. The second-order valence-electron chi connectivity index (χ2n) is 4.34. The Bertz CT molecular complexity index is 620. The number of hydrogen-bond donors (Lipinski definition) is 0. The third kappa shape index (κ3) is 4.09. The Morgan fingerprint density at radius 2 is 1.76 bits per heavy atom. The molecule has 0 amide bonds. The summed E-state index contributed by atoms with van der Waals surface area (Å²) in [6.45, 7) is 0. The van der Waals surface area contributed by atoms with Gasteiger partial charge >= 0.3 is 11.9 Å². The monoisotopic (exact) mass is 326 g/mol. The smallest absolute Gasteiger partial charge is 0.242 e. The Morgan fingerprint density at radius 3 is 2.52 bits per heavy atom. The second kappa shape index (κ2) is 7.29. The third-order valence-electron chi connectivity index (χ3n) is 2.88. The van der Waals surface area contributed by atoms with Crippen molar-refractivity contribution in [3.8, 4) is 0 Å². The van der Waals surface area contributed by atoms with Crippen LogP contribution >= 0.6 is 23.2 Å². The van der Waals surface area contributed by atoms with E-state index in [1.165, 1.54) is 12.1 Å². The van der Waals surface area contributed by atoms with E-state index in [2.05, 4.69) is 9.78 Å². The van der Waals surface area contributed by atoms with Crippen molar-refractivity contribution in [2.75, 3.05) is 0 Å². The molecule has 0 unspecified atom stereocenters. The molecule has 0 heterocycles. The van der Waals surface area contributed by atoms with E-state index in [4.69, 9.17) is 23.2 Å². The molecule has 6 heteroatoms. The summed E-state index contributed by atoms with van der Waals surface area (Å²) in [5.41, 5.74) is 0.408. The number of halogens is 2. The highest BCUT2D eigenvalue weighted by molar-refractivity contribution is 6.34. The molecule has 1 aromatic carbocycles. The predicted molar refractivity (Wildman–Crippen MR) is 78.8 cm³/mol. The third-order valence-corrected chi connectivity index (χ3v) is 3.57. The first-order chi connectivity index (χ1) is 10.1. The SMILES string of the molecule is O=C(OOC(=O)c1ccccc1Cl)C1=C(Cl)C=CCCC1. The van der Waals surface area contributed by atoms with Crippen LogP contribution in [0.4, 0.5) is 0 Å². The van der Waals surface area contributed by atoms with Gasteiger partial charge in [-0.25, -0.2) is 19.4 Å². The van der Waals surface area contributed by atoms with E-state index in [1.807, 2.05) is 6.08 Å². The topological polar surface area (TPSA) is 52.6 Å². The molecule has 4 nitrogen and oxygen atoms in total. The van der Waals surface area contributed by atoms with Gasteiger partial charge < -0.3 is 0 Å². The highest BCUT2D eigenvalue weighted by Crippen LogP contribution is 2.23. The van der Waals surface area contributed by atoms with Crippen LogP contribution in [0.15, 0.2) is 47.0 Å². The first-order valence-electron chi connectivity index (χ1n) is 6.32. The molecule has 1 aliphatic carbocycles. The number of carbonyl (C=O) groups excluding carboxylic acids is 2. The Hall–Kier alpha value is -1.78. The zero-order valence-corrected chi connectivity index (χ0v) is 12.5. The normalized spacial score (nSPS) is 14.6. The molecule has 0 radical (unpaired) electrons. The number of rotatable bonds is 2. The van der Waals surface area contributed by atoms with Gasteiger partial charge in [0.25, 0.3) is 0 Å². The van der Waals surface area contributed by atoms with Crippen LogP contribution in [0, 0.1) is 0 Å². The van der Waals surface area contributed by atoms with Gasteiger partial charge in [0, 0.05) is 0 Å². The van der Waals surface area contributed by atoms with Gasteiger partial charge in [0.05, 0.1) is 21.2 Å². The Labute approximate surface area is 131 Å². The van der Waals surface area contributed by atoms with Gasteiger partial charge in [0.1, 0.15) is 0 Å². The quantitative estimate of drug-likeness (QED) is 0.604. The first kappa shape index (κ1) is 15.6. The van der Waals surface area contributed by atoms with Gasteiger partial charge in [-0.2, -0.15) is 0 Å². The number of benzene rings is 1. The van der Waals surface area contributed by atoms with Crippen LogP contribution in [0.5, 0.6) is 0 Å². The standard InChI is InChI=1S/C15H12Cl2O4/c16-12-8-3-1-2-6-10(12)14(18)20-21-15(19)11-7-4-5-9-13(11)17/h3-5,7-9H,1-2,6H2. The minimum atomic E-state index is -0.838. The van der Waals surface area contributed by atoms with Crippen LogP contribution in [0.1, 0.15) is 29.6 Å². The van der Waals surface area contributed by atoms with Gasteiger partial charge in [-0.3, -0.25) is 0 Å². The van der Waals surface area contributed by atoms with Crippen molar-refractivity contribution >= 4 is 35.1 Å². The fraction of sp³-hybridized carbons (Fsp3) is 0.200. The number of allylic oxidation sites excluding steroid dienone is 3. The molecule has 0 fully saturated rings. The van der Waals surface area contributed by atoms with Crippen LogP contribution in [-0.4, -0.2) is 11.9 Å². The van der Waals surface area contributed by atoms with Gasteiger partial charge in [0.2, 0.25) is 0 Å². The zero-order chi connectivity index (χ0) is 15.2. The largest absolute Gasteiger partial charge is 0.387 e. The van der Waals surface area contributed by atoms with E-state index in [-0.39, 0.29) is 16.2 Å². The fourth-order valence-electron chi connectivity index (χ4n) is 1.80. The molecule has 110 valence electrons. The molecule has 0 saturated heterocycles.